The van der Waals surface area contributed by atoms with Gasteiger partial charge in [-0.3, -0.25) is 0 Å². The highest BCUT2D eigenvalue weighted by molar-refractivity contribution is 7.11. The summed E-state index contributed by atoms with van der Waals surface area (Å²) in [5.74, 6) is 1.56. The summed E-state index contributed by atoms with van der Waals surface area (Å²) >= 11 is 1.79. The predicted octanol–water partition coefficient (Wildman–Crippen LogP) is 3.07. The number of aromatic nitrogens is 1. The number of thiophene rings is 1. The molecular weight excluding hydrogens is 220 g/mol. The first-order valence-corrected chi connectivity index (χ1v) is 5.89. The summed E-state index contributed by atoms with van der Waals surface area (Å²) in [6, 6.07) is 8.01. The summed E-state index contributed by atoms with van der Waals surface area (Å²) in [6.45, 7) is 2.89. The van der Waals surface area contributed by atoms with Crippen molar-refractivity contribution in [1.82, 2.24) is 4.98 Å². The minimum atomic E-state index is 0.774. The lowest BCUT2D eigenvalue weighted by Crippen LogP contribution is -2.01. The molecule has 0 aliphatic rings. The number of hydrogen-bond donors (Lipinski definition) is 1. The van der Waals surface area contributed by atoms with Gasteiger partial charge >= 0.3 is 0 Å². The van der Waals surface area contributed by atoms with Crippen LogP contribution in [0.4, 0.5) is 5.82 Å². The number of methoxy groups -OCH3 is 1. The van der Waals surface area contributed by atoms with Crippen LogP contribution in [0.2, 0.25) is 0 Å². The Morgan fingerprint density at radius 1 is 1.38 bits per heavy atom. The van der Waals surface area contributed by atoms with Crippen molar-refractivity contribution in [2.45, 2.75) is 13.5 Å². The molecule has 2 aromatic heterocycles. The summed E-state index contributed by atoms with van der Waals surface area (Å²) in [4.78, 5) is 6.86. The van der Waals surface area contributed by atoms with Gasteiger partial charge in [0, 0.05) is 16.0 Å². The molecule has 2 rings (SSSR count). The zero-order valence-corrected chi connectivity index (χ0v) is 10.2. The molecule has 0 aliphatic heterocycles. The lowest BCUT2D eigenvalue weighted by Gasteiger charge is -2.08. The Labute approximate surface area is 99.1 Å². The number of nitrogens with zero attached hydrogens (tertiary/aromatic N) is 1. The van der Waals surface area contributed by atoms with E-state index < -0.39 is 0 Å². The Bertz CT molecular complexity index is 468. The Balaban J connectivity index is 2.04. The van der Waals surface area contributed by atoms with Crippen molar-refractivity contribution >= 4 is 17.2 Å². The molecule has 0 atom stereocenters. The Kier molecular flexibility index (Phi) is 3.41. The molecule has 0 spiro atoms. The predicted molar refractivity (Wildman–Crippen MR) is 67.2 cm³/mol. The van der Waals surface area contributed by atoms with Crippen LogP contribution in [-0.2, 0) is 6.54 Å². The van der Waals surface area contributed by atoms with Crippen molar-refractivity contribution in [3.63, 3.8) is 0 Å². The molecule has 0 radical (unpaired) electrons. The van der Waals surface area contributed by atoms with Gasteiger partial charge < -0.3 is 10.1 Å². The fourth-order valence-electron chi connectivity index (χ4n) is 1.44. The summed E-state index contributed by atoms with van der Waals surface area (Å²) < 4.78 is 5.22. The van der Waals surface area contributed by atoms with Crippen LogP contribution >= 0.6 is 11.3 Å². The van der Waals surface area contributed by atoms with Gasteiger partial charge in [0.1, 0.15) is 0 Å². The van der Waals surface area contributed by atoms with E-state index in [4.69, 9.17) is 4.74 Å². The van der Waals surface area contributed by atoms with Gasteiger partial charge in [0.05, 0.1) is 13.7 Å². The summed E-state index contributed by atoms with van der Waals surface area (Å²) in [5.41, 5.74) is 0. The lowest BCUT2D eigenvalue weighted by molar-refractivity contribution is 0.415. The van der Waals surface area contributed by atoms with Crippen LogP contribution in [0.1, 0.15) is 9.75 Å². The molecule has 0 saturated carbocycles. The standard InChI is InChI=1S/C12H14N2OS/c1-9-5-6-10(16-9)8-14-12-11(15-2)4-3-7-13-12/h3-7H,8H2,1-2H3,(H,13,14). The van der Waals surface area contributed by atoms with Gasteiger partial charge in [0.15, 0.2) is 11.6 Å². The molecule has 3 nitrogen and oxygen atoms in total. The Hall–Kier alpha value is -1.55. The maximum atomic E-state index is 5.22. The quantitative estimate of drug-likeness (QED) is 0.882. The maximum Gasteiger partial charge on any atom is 0.169 e. The number of pyridine rings is 1. The van der Waals surface area contributed by atoms with Crippen LogP contribution in [0.25, 0.3) is 0 Å². The third-order valence-electron chi connectivity index (χ3n) is 2.22. The molecule has 0 fully saturated rings. The Morgan fingerprint density at radius 2 is 2.25 bits per heavy atom. The van der Waals surface area contributed by atoms with E-state index in [1.807, 2.05) is 12.1 Å². The summed E-state index contributed by atoms with van der Waals surface area (Å²) in [6.07, 6.45) is 1.75. The van der Waals surface area contributed by atoms with Crippen molar-refractivity contribution in [1.29, 1.82) is 0 Å². The largest absolute Gasteiger partial charge is 0.493 e. The van der Waals surface area contributed by atoms with Crippen LogP contribution in [0.15, 0.2) is 30.5 Å². The monoisotopic (exact) mass is 234 g/mol. The van der Waals surface area contributed by atoms with Gasteiger partial charge in [-0.2, -0.15) is 0 Å². The van der Waals surface area contributed by atoms with E-state index in [-0.39, 0.29) is 0 Å². The average molecular weight is 234 g/mol. The second-order valence-corrected chi connectivity index (χ2v) is 4.79. The zero-order chi connectivity index (χ0) is 11.4. The van der Waals surface area contributed by atoms with Gasteiger partial charge in [-0.1, -0.05) is 0 Å². The van der Waals surface area contributed by atoms with Gasteiger partial charge in [-0.15, -0.1) is 11.3 Å². The molecule has 1 N–H and O–H groups in total. The van der Waals surface area contributed by atoms with E-state index in [1.54, 1.807) is 24.6 Å². The lowest BCUT2D eigenvalue weighted by atomic mass is 10.4. The highest BCUT2D eigenvalue weighted by Crippen LogP contribution is 2.22. The van der Waals surface area contributed by atoms with Crippen LogP contribution in [0.5, 0.6) is 5.75 Å². The van der Waals surface area contributed by atoms with Crippen molar-refractivity contribution in [3.05, 3.63) is 40.2 Å². The summed E-state index contributed by atoms with van der Waals surface area (Å²) in [7, 11) is 1.65. The number of rotatable bonds is 4. The van der Waals surface area contributed by atoms with Crippen LogP contribution in [-0.4, -0.2) is 12.1 Å². The van der Waals surface area contributed by atoms with Gasteiger partial charge in [0.2, 0.25) is 0 Å². The minimum absolute atomic E-state index is 0.774. The second kappa shape index (κ2) is 4.99. The molecule has 16 heavy (non-hydrogen) atoms. The van der Waals surface area contributed by atoms with Crippen LogP contribution < -0.4 is 10.1 Å². The van der Waals surface area contributed by atoms with Gasteiger partial charge in [-0.25, -0.2) is 4.98 Å². The molecule has 0 amide bonds. The Morgan fingerprint density at radius 3 is 2.94 bits per heavy atom. The topological polar surface area (TPSA) is 34.1 Å². The van der Waals surface area contributed by atoms with Gasteiger partial charge in [-0.05, 0) is 31.2 Å². The number of aryl methyl sites for hydroxylation is 1. The highest BCUT2D eigenvalue weighted by Gasteiger charge is 2.03. The summed E-state index contributed by atoms with van der Waals surface area (Å²) in [5, 5.41) is 3.27. The van der Waals surface area contributed by atoms with E-state index in [0.29, 0.717) is 0 Å². The second-order valence-electron chi connectivity index (χ2n) is 3.42. The first-order valence-electron chi connectivity index (χ1n) is 5.08. The van der Waals surface area contributed by atoms with E-state index in [9.17, 15) is 0 Å². The molecule has 0 unspecified atom stereocenters. The van der Waals surface area contributed by atoms with Crippen LogP contribution in [0, 0.1) is 6.92 Å². The number of ether oxygens (including phenoxy) is 1. The molecular formula is C12H14N2OS. The number of anilines is 1. The smallest absolute Gasteiger partial charge is 0.169 e. The molecule has 84 valence electrons. The van der Waals surface area contributed by atoms with E-state index in [2.05, 4.69) is 29.4 Å². The minimum Gasteiger partial charge on any atom is -0.493 e. The van der Waals surface area contributed by atoms with Crippen molar-refractivity contribution < 1.29 is 4.74 Å². The maximum absolute atomic E-state index is 5.22. The van der Waals surface area contributed by atoms with E-state index >= 15 is 0 Å². The fourth-order valence-corrected chi connectivity index (χ4v) is 2.27. The molecule has 0 aromatic carbocycles. The molecule has 4 heteroatoms. The third kappa shape index (κ3) is 2.52. The van der Waals surface area contributed by atoms with Gasteiger partial charge in [0.25, 0.3) is 0 Å². The first-order chi connectivity index (χ1) is 7.79. The molecule has 0 bridgehead atoms. The SMILES string of the molecule is COc1cccnc1NCc1ccc(C)s1. The zero-order valence-electron chi connectivity index (χ0n) is 9.36. The highest BCUT2D eigenvalue weighted by atomic mass is 32.1. The van der Waals surface area contributed by atoms with Crippen molar-refractivity contribution in [2.75, 3.05) is 12.4 Å². The number of nitrogens with one attached hydrogen (secondary N) is 1. The average Bonchev–Trinajstić information content (AvgIpc) is 2.73. The van der Waals surface area contributed by atoms with Crippen molar-refractivity contribution in [3.8, 4) is 5.75 Å². The molecule has 0 saturated heterocycles. The first kappa shape index (κ1) is 11.0. The van der Waals surface area contributed by atoms with Crippen LogP contribution in [0.3, 0.4) is 0 Å². The number of hydrogen-bond acceptors (Lipinski definition) is 4. The molecule has 2 heterocycles. The fraction of sp³-hybridized carbons (Fsp3) is 0.250. The molecule has 2 aromatic rings. The van der Waals surface area contributed by atoms with Crippen molar-refractivity contribution in [2.24, 2.45) is 0 Å². The third-order valence-corrected chi connectivity index (χ3v) is 3.22. The van der Waals surface area contributed by atoms with E-state index in [1.165, 1.54) is 9.75 Å². The molecule has 0 aliphatic carbocycles. The van der Waals surface area contributed by atoms with E-state index in [0.717, 1.165) is 18.1 Å². The normalized spacial score (nSPS) is 10.1.